The van der Waals surface area contributed by atoms with Crippen LogP contribution < -0.4 is 0 Å². The number of piperidine rings is 1. The third-order valence-corrected chi connectivity index (χ3v) is 3.82. The molecule has 2 fully saturated rings. The van der Waals surface area contributed by atoms with Gasteiger partial charge in [-0.25, -0.2) is 0 Å². The Kier molecular flexibility index (Phi) is 2.40. The molecule has 0 unspecified atom stereocenters. The number of likely N-dealkylation sites (tertiary alicyclic amines) is 1. The van der Waals surface area contributed by atoms with Crippen LogP contribution in [0.4, 0.5) is 0 Å². The summed E-state index contributed by atoms with van der Waals surface area (Å²) in [5.41, 5.74) is 1.39. The minimum Gasteiger partial charge on any atom is -0.411 e. The second kappa shape index (κ2) is 3.91. The van der Waals surface area contributed by atoms with E-state index < -0.39 is 0 Å². The molecule has 3 nitrogen and oxygen atoms in total. The van der Waals surface area contributed by atoms with Gasteiger partial charge in [0, 0.05) is 31.8 Å². The van der Waals surface area contributed by atoms with Crippen molar-refractivity contribution in [2.75, 3.05) is 13.1 Å². The van der Waals surface area contributed by atoms with E-state index in [0.29, 0.717) is 5.92 Å². The maximum atomic E-state index is 8.49. The molecule has 1 aromatic rings. The van der Waals surface area contributed by atoms with E-state index in [1.165, 1.54) is 5.56 Å². The molecule has 0 aromatic heterocycles. The highest BCUT2D eigenvalue weighted by Gasteiger charge is 2.54. The van der Waals surface area contributed by atoms with E-state index in [1.807, 2.05) is 0 Å². The first kappa shape index (κ1) is 9.85. The van der Waals surface area contributed by atoms with Gasteiger partial charge in [-0.1, -0.05) is 30.3 Å². The molecule has 1 N–H and O–H groups in total. The predicted octanol–water partition coefficient (Wildman–Crippen LogP) is 1.82. The number of fused-ring (bicyclic) bond motifs is 1. The van der Waals surface area contributed by atoms with Crippen LogP contribution in [0.2, 0.25) is 0 Å². The van der Waals surface area contributed by atoms with Crippen molar-refractivity contribution in [1.29, 1.82) is 0 Å². The number of nitrogens with zero attached hydrogens (tertiary/aromatic N) is 2. The summed E-state index contributed by atoms with van der Waals surface area (Å²) in [6, 6.07) is 10.6. The molecule has 0 radical (unpaired) electrons. The normalized spacial score (nSPS) is 33.1. The zero-order valence-corrected chi connectivity index (χ0v) is 9.16. The van der Waals surface area contributed by atoms with Crippen LogP contribution in [-0.4, -0.2) is 29.4 Å². The Labute approximate surface area is 95.4 Å². The van der Waals surface area contributed by atoms with E-state index >= 15 is 0 Å². The van der Waals surface area contributed by atoms with Crippen LogP contribution in [0, 0.1) is 17.8 Å². The van der Waals surface area contributed by atoms with Gasteiger partial charge in [-0.05, 0) is 17.4 Å². The van der Waals surface area contributed by atoms with Crippen LogP contribution in [0.15, 0.2) is 35.5 Å². The topological polar surface area (TPSA) is 35.8 Å². The van der Waals surface area contributed by atoms with E-state index in [-0.39, 0.29) is 0 Å². The van der Waals surface area contributed by atoms with E-state index in [4.69, 9.17) is 5.21 Å². The fourth-order valence-corrected chi connectivity index (χ4v) is 2.93. The van der Waals surface area contributed by atoms with E-state index in [1.54, 1.807) is 6.21 Å². The van der Waals surface area contributed by atoms with Gasteiger partial charge >= 0.3 is 0 Å². The first-order valence-corrected chi connectivity index (χ1v) is 5.82. The molecule has 3 rings (SSSR count). The summed E-state index contributed by atoms with van der Waals surface area (Å²) in [6.45, 7) is 3.35. The van der Waals surface area contributed by atoms with Crippen LogP contribution in [-0.2, 0) is 6.54 Å². The summed E-state index contributed by atoms with van der Waals surface area (Å²) in [6.07, 6.45) is 1.70. The summed E-state index contributed by atoms with van der Waals surface area (Å²) in [4.78, 5) is 2.49. The lowest BCUT2D eigenvalue weighted by Gasteiger charge is -2.18. The average molecular weight is 216 g/mol. The van der Waals surface area contributed by atoms with Crippen LogP contribution >= 0.6 is 0 Å². The second-order valence-corrected chi connectivity index (χ2v) is 4.85. The summed E-state index contributed by atoms with van der Waals surface area (Å²) in [7, 11) is 0. The van der Waals surface area contributed by atoms with Crippen molar-refractivity contribution in [2.24, 2.45) is 22.9 Å². The maximum Gasteiger partial charge on any atom is 0.0473 e. The van der Waals surface area contributed by atoms with Crippen molar-refractivity contribution in [3.63, 3.8) is 0 Å². The summed E-state index contributed by atoms with van der Waals surface area (Å²) in [5.74, 6) is 2.01. The fourth-order valence-electron chi connectivity index (χ4n) is 2.93. The molecular weight excluding hydrogens is 200 g/mol. The molecule has 3 heteroatoms. The van der Waals surface area contributed by atoms with Crippen molar-refractivity contribution in [2.45, 2.75) is 6.54 Å². The summed E-state index contributed by atoms with van der Waals surface area (Å²) in [5, 5.41) is 11.6. The Hall–Kier alpha value is -1.35. The second-order valence-electron chi connectivity index (χ2n) is 4.85. The molecular formula is C13H16N2O. The minimum atomic E-state index is 0.539. The SMILES string of the molecule is O/N=C/[C@@H]1[C@H]2CN(Cc3ccccc3)C[C@@H]12. The molecule has 16 heavy (non-hydrogen) atoms. The van der Waals surface area contributed by atoms with Crippen molar-refractivity contribution in [1.82, 2.24) is 4.90 Å². The zero-order chi connectivity index (χ0) is 11.0. The summed E-state index contributed by atoms with van der Waals surface area (Å²) >= 11 is 0. The molecule has 1 heterocycles. The van der Waals surface area contributed by atoms with E-state index in [2.05, 4.69) is 40.4 Å². The Morgan fingerprint density at radius 1 is 1.25 bits per heavy atom. The lowest BCUT2D eigenvalue weighted by atomic mass is 10.2. The van der Waals surface area contributed by atoms with Gasteiger partial charge in [-0.3, -0.25) is 4.90 Å². The molecule has 0 amide bonds. The number of benzene rings is 1. The maximum absolute atomic E-state index is 8.49. The fraction of sp³-hybridized carbons (Fsp3) is 0.462. The molecule has 84 valence electrons. The lowest BCUT2D eigenvalue weighted by Crippen LogP contribution is -2.24. The van der Waals surface area contributed by atoms with E-state index in [9.17, 15) is 0 Å². The van der Waals surface area contributed by atoms with Crippen molar-refractivity contribution in [3.05, 3.63) is 35.9 Å². The smallest absolute Gasteiger partial charge is 0.0473 e. The quantitative estimate of drug-likeness (QED) is 0.475. The van der Waals surface area contributed by atoms with Gasteiger partial charge in [-0.15, -0.1) is 5.16 Å². The van der Waals surface area contributed by atoms with Gasteiger partial charge in [0.1, 0.15) is 0 Å². The molecule has 1 saturated carbocycles. The first-order valence-electron chi connectivity index (χ1n) is 5.82. The van der Waals surface area contributed by atoms with Crippen molar-refractivity contribution >= 4 is 6.21 Å². The Morgan fingerprint density at radius 3 is 2.56 bits per heavy atom. The number of hydrogen-bond acceptors (Lipinski definition) is 3. The van der Waals surface area contributed by atoms with Gasteiger partial charge in [0.2, 0.25) is 0 Å². The van der Waals surface area contributed by atoms with Crippen molar-refractivity contribution in [3.8, 4) is 0 Å². The molecule has 3 atom stereocenters. The standard InChI is InChI=1S/C13H16N2O/c16-14-6-11-12-8-15(9-13(11)12)7-10-4-2-1-3-5-10/h1-6,11-13,16H,7-9H2/b14-6+/t11-,12-,13+. The van der Waals surface area contributed by atoms with Crippen LogP contribution in [0.25, 0.3) is 0 Å². The number of rotatable bonds is 3. The molecule has 1 aliphatic heterocycles. The highest BCUT2D eigenvalue weighted by molar-refractivity contribution is 5.65. The zero-order valence-electron chi connectivity index (χ0n) is 9.16. The molecule has 0 spiro atoms. The average Bonchev–Trinajstić information content (AvgIpc) is 2.76. The van der Waals surface area contributed by atoms with E-state index in [0.717, 1.165) is 31.5 Å². The minimum absolute atomic E-state index is 0.539. The lowest BCUT2D eigenvalue weighted by molar-refractivity contribution is 0.286. The third-order valence-electron chi connectivity index (χ3n) is 3.82. The highest BCUT2D eigenvalue weighted by Crippen LogP contribution is 2.50. The highest BCUT2D eigenvalue weighted by atomic mass is 16.4. The van der Waals surface area contributed by atoms with Crippen molar-refractivity contribution < 1.29 is 5.21 Å². The first-order chi connectivity index (χ1) is 7.88. The van der Waals surface area contributed by atoms with Crippen LogP contribution in [0.5, 0.6) is 0 Å². The number of hydrogen-bond donors (Lipinski definition) is 1. The third kappa shape index (κ3) is 1.71. The monoisotopic (exact) mass is 216 g/mol. The van der Waals surface area contributed by atoms with Gasteiger partial charge in [0.25, 0.3) is 0 Å². The van der Waals surface area contributed by atoms with Crippen LogP contribution in [0.1, 0.15) is 5.56 Å². The molecule has 1 aromatic carbocycles. The predicted molar refractivity (Wildman–Crippen MR) is 62.5 cm³/mol. The van der Waals surface area contributed by atoms with Gasteiger partial charge in [0.15, 0.2) is 0 Å². The molecule has 0 bridgehead atoms. The molecule has 1 saturated heterocycles. The summed E-state index contributed by atoms with van der Waals surface area (Å²) < 4.78 is 0. The van der Waals surface area contributed by atoms with Gasteiger partial charge in [-0.2, -0.15) is 0 Å². The Balaban J connectivity index is 1.55. The largest absolute Gasteiger partial charge is 0.411 e. The molecule has 1 aliphatic carbocycles. The van der Waals surface area contributed by atoms with Crippen LogP contribution in [0.3, 0.4) is 0 Å². The Morgan fingerprint density at radius 2 is 1.94 bits per heavy atom. The van der Waals surface area contributed by atoms with Gasteiger partial charge < -0.3 is 5.21 Å². The number of oxime groups is 1. The Bertz CT molecular complexity index is 378. The van der Waals surface area contributed by atoms with Gasteiger partial charge in [0.05, 0.1) is 0 Å². The molecule has 2 aliphatic rings.